The van der Waals surface area contributed by atoms with Crippen LogP contribution < -0.4 is 15.0 Å². The fourth-order valence-electron chi connectivity index (χ4n) is 3.90. The first-order valence-electron chi connectivity index (χ1n) is 9.69. The van der Waals surface area contributed by atoms with Crippen LogP contribution in [0.5, 0.6) is 5.75 Å². The van der Waals surface area contributed by atoms with E-state index >= 15 is 0 Å². The second-order valence-corrected chi connectivity index (χ2v) is 7.57. The number of hydrogen-bond donors (Lipinski definition) is 1. The van der Waals surface area contributed by atoms with Crippen molar-refractivity contribution in [3.05, 3.63) is 53.6 Å². The van der Waals surface area contributed by atoms with Crippen LogP contribution in [0.3, 0.4) is 0 Å². The lowest BCUT2D eigenvalue weighted by atomic mass is 10.0. The second-order valence-electron chi connectivity index (χ2n) is 7.57. The maximum absolute atomic E-state index is 12.5. The lowest BCUT2D eigenvalue weighted by Crippen LogP contribution is -2.41. The fourth-order valence-corrected chi connectivity index (χ4v) is 3.90. The van der Waals surface area contributed by atoms with Crippen LogP contribution in [0.15, 0.2) is 42.5 Å². The molecule has 2 aromatic rings. The molecule has 27 heavy (non-hydrogen) atoms. The highest BCUT2D eigenvalue weighted by Gasteiger charge is 2.21. The molecule has 1 saturated heterocycles. The van der Waals surface area contributed by atoms with E-state index in [1.807, 2.05) is 30.3 Å². The van der Waals surface area contributed by atoms with Crippen LogP contribution in [0, 0.1) is 0 Å². The van der Waals surface area contributed by atoms with Crippen molar-refractivity contribution in [1.29, 1.82) is 0 Å². The van der Waals surface area contributed by atoms with E-state index in [0.717, 1.165) is 36.5 Å². The Labute approximate surface area is 160 Å². The topological polar surface area (TPSA) is 44.8 Å². The smallest absolute Gasteiger partial charge is 0.255 e. The number of fused-ring (bicyclic) bond motifs is 1. The van der Waals surface area contributed by atoms with Crippen LogP contribution >= 0.6 is 0 Å². The van der Waals surface area contributed by atoms with E-state index in [2.05, 4.69) is 41.3 Å². The molecule has 0 radical (unpaired) electrons. The Morgan fingerprint density at radius 2 is 1.89 bits per heavy atom. The molecule has 0 aromatic heterocycles. The van der Waals surface area contributed by atoms with E-state index < -0.39 is 0 Å². The highest BCUT2D eigenvalue weighted by atomic mass is 16.5. The first kappa shape index (κ1) is 17.9. The van der Waals surface area contributed by atoms with Gasteiger partial charge < -0.3 is 19.9 Å². The molecule has 4 rings (SSSR count). The maximum Gasteiger partial charge on any atom is 0.255 e. The first-order valence-corrected chi connectivity index (χ1v) is 9.69. The molecule has 0 unspecified atom stereocenters. The van der Waals surface area contributed by atoms with E-state index in [9.17, 15) is 4.79 Å². The number of likely N-dealkylation sites (tertiary alicyclic amines) is 1. The SMILES string of the molecule is CN1CCC(N(C)c2ccc(NC(=O)c3ccc4c(c3)CCO4)cc2)CC1. The Morgan fingerprint density at radius 3 is 2.63 bits per heavy atom. The van der Waals surface area contributed by atoms with Crippen LogP contribution in [0.4, 0.5) is 11.4 Å². The quantitative estimate of drug-likeness (QED) is 0.902. The maximum atomic E-state index is 12.5. The average Bonchev–Trinajstić information content (AvgIpc) is 3.16. The molecule has 2 aromatic carbocycles. The van der Waals surface area contributed by atoms with Crippen molar-refractivity contribution >= 4 is 17.3 Å². The van der Waals surface area contributed by atoms with E-state index in [0.29, 0.717) is 18.2 Å². The van der Waals surface area contributed by atoms with Crippen molar-refractivity contribution in [2.75, 3.05) is 44.0 Å². The lowest BCUT2D eigenvalue weighted by Gasteiger charge is -2.36. The third-order valence-electron chi connectivity index (χ3n) is 5.72. The van der Waals surface area contributed by atoms with Gasteiger partial charge in [-0.25, -0.2) is 0 Å². The average molecular weight is 365 g/mol. The Kier molecular flexibility index (Phi) is 5.03. The molecule has 2 heterocycles. The summed E-state index contributed by atoms with van der Waals surface area (Å²) in [5.74, 6) is 0.814. The minimum Gasteiger partial charge on any atom is -0.493 e. The summed E-state index contributed by atoms with van der Waals surface area (Å²) in [7, 11) is 4.35. The number of benzene rings is 2. The molecule has 0 aliphatic carbocycles. The van der Waals surface area contributed by atoms with E-state index in [-0.39, 0.29) is 5.91 Å². The molecule has 5 nitrogen and oxygen atoms in total. The molecule has 2 aliphatic rings. The van der Waals surface area contributed by atoms with Crippen LogP contribution in [0.2, 0.25) is 0 Å². The van der Waals surface area contributed by atoms with Gasteiger partial charge in [0.05, 0.1) is 6.61 Å². The number of piperidine rings is 1. The van der Waals surface area contributed by atoms with Gasteiger partial charge in [0.25, 0.3) is 5.91 Å². The van der Waals surface area contributed by atoms with Crippen LogP contribution in [0.1, 0.15) is 28.8 Å². The Morgan fingerprint density at radius 1 is 1.15 bits per heavy atom. The molecule has 1 N–H and O–H groups in total. The van der Waals surface area contributed by atoms with Crippen molar-refractivity contribution in [2.24, 2.45) is 0 Å². The third-order valence-corrected chi connectivity index (χ3v) is 5.72. The number of nitrogens with one attached hydrogen (secondary N) is 1. The Balaban J connectivity index is 1.39. The van der Waals surface area contributed by atoms with Crippen molar-refractivity contribution in [3.8, 4) is 5.75 Å². The molecule has 1 fully saturated rings. The zero-order valence-corrected chi connectivity index (χ0v) is 16.1. The summed E-state index contributed by atoms with van der Waals surface area (Å²) in [4.78, 5) is 17.3. The summed E-state index contributed by atoms with van der Waals surface area (Å²) in [6.45, 7) is 3.00. The van der Waals surface area contributed by atoms with Crippen molar-refractivity contribution in [1.82, 2.24) is 4.90 Å². The predicted molar refractivity (Wildman–Crippen MR) is 109 cm³/mol. The predicted octanol–water partition coefficient (Wildman–Crippen LogP) is 3.40. The third kappa shape index (κ3) is 3.93. The summed E-state index contributed by atoms with van der Waals surface area (Å²) in [6, 6.07) is 14.4. The highest BCUT2D eigenvalue weighted by molar-refractivity contribution is 6.04. The number of rotatable bonds is 4. The van der Waals surface area contributed by atoms with Crippen LogP contribution in [-0.2, 0) is 6.42 Å². The summed E-state index contributed by atoms with van der Waals surface area (Å²) in [5.41, 5.74) is 3.79. The van der Waals surface area contributed by atoms with Gasteiger partial charge in [-0.05, 0) is 81.0 Å². The summed E-state index contributed by atoms with van der Waals surface area (Å²) in [6.07, 6.45) is 3.25. The van der Waals surface area contributed by atoms with Crippen molar-refractivity contribution in [3.63, 3.8) is 0 Å². The molecular formula is C22H27N3O2. The Bertz CT molecular complexity index is 811. The van der Waals surface area contributed by atoms with Gasteiger partial charge in [-0.15, -0.1) is 0 Å². The van der Waals surface area contributed by atoms with Gasteiger partial charge in [0.2, 0.25) is 0 Å². The van der Waals surface area contributed by atoms with Gasteiger partial charge in [0, 0.05) is 36.4 Å². The van der Waals surface area contributed by atoms with E-state index in [1.165, 1.54) is 18.5 Å². The summed E-state index contributed by atoms with van der Waals surface area (Å²) >= 11 is 0. The molecule has 0 bridgehead atoms. The van der Waals surface area contributed by atoms with Gasteiger partial charge in [-0.1, -0.05) is 0 Å². The number of amides is 1. The van der Waals surface area contributed by atoms with Gasteiger partial charge in [-0.3, -0.25) is 4.79 Å². The van der Waals surface area contributed by atoms with E-state index in [1.54, 1.807) is 0 Å². The minimum atomic E-state index is -0.0823. The zero-order valence-electron chi connectivity index (χ0n) is 16.1. The molecule has 5 heteroatoms. The summed E-state index contributed by atoms with van der Waals surface area (Å²) in [5, 5.41) is 3.00. The number of hydrogen-bond acceptors (Lipinski definition) is 4. The molecule has 0 atom stereocenters. The number of anilines is 2. The first-order chi connectivity index (χ1) is 13.1. The fraction of sp³-hybridized carbons (Fsp3) is 0.409. The van der Waals surface area contributed by atoms with Crippen LogP contribution in [-0.4, -0.2) is 50.6 Å². The molecular weight excluding hydrogens is 338 g/mol. The van der Waals surface area contributed by atoms with Crippen LogP contribution in [0.25, 0.3) is 0 Å². The molecule has 0 saturated carbocycles. The zero-order chi connectivity index (χ0) is 18.8. The molecule has 142 valence electrons. The second kappa shape index (κ2) is 7.61. The molecule has 0 spiro atoms. The summed E-state index contributed by atoms with van der Waals surface area (Å²) < 4.78 is 5.50. The van der Waals surface area contributed by atoms with Gasteiger partial charge in [0.15, 0.2) is 0 Å². The van der Waals surface area contributed by atoms with Crippen molar-refractivity contribution in [2.45, 2.75) is 25.3 Å². The van der Waals surface area contributed by atoms with E-state index in [4.69, 9.17) is 4.74 Å². The highest BCUT2D eigenvalue weighted by Crippen LogP contribution is 2.27. The Hall–Kier alpha value is -2.53. The number of ether oxygens (including phenoxy) is 1. The molecule has 1 amide bonds. The minimum absolute atomic E-state index is 0.0823. The lowest BCUT2D eigenvalue weighted by molar-refractivity contribution is 0.102. The van der Waals surface area contributed by atoms with Gasteiger partial charge in [0.1, 0.15) is 5.75 Å². The number of carbonyl (C=O) groups is 1. The normalized spacial score (nSPS) is 17.3. The van der Waals surface area contributed by atoms with Gasteiger partial charge in [-0.2, -0.15) is 0 Å². The molecule has 2 aliphatic heterocycles. The van der Waals surface area contributed by atoms with Gasteiger partial charge >= 0.3 is 0 Å². The monoisotopic (exact) mass is 365 g/mol. The largest absolute Gasteiger partial charge is 0.493 e. The number of carbonyl (C=O) groups excluding carboxylic acids is 1. The standard InChI is InChI=1S/C22H27N3O2/c1-24-12-9-20(10-13-24)25(2)19-6-4-18(5-7-19)23-22(26)17-3-8-21-16(15-17)11-14-27-21/h3-8,15,20H,9-14H2,1-2H3,(H,23,26). The van der Waals surface area contributed by atoms with Crippen molar-refractivity contribution < 1.29 is 9.53 Å². The number of nitrogens with zero attached hydrogens (tertiary/aromatic N) is 2.